The van der Waals surface area contributed by atoms with E-state index in [9.17, 15) is 14.4 Å². The number of hydrogen-bond acceptors (Lipinski definition) is 4. The zero-order chi connectivity index (χ0) is 19.4. The highest BCUT2D eigenvalue weighted by atomic mass is 35.5. The smallest absolute Gasteiger partial charge is 0.289 e. The van der Waals surface area contributed by atoms with Gasteiger partial charge in [0.1, 0.15) is 6.42 Å². The van der Waals surface area contributed by atoms with Crippen molar-refractivity contribution in [2.45, 2.75) is 13.3 Å². The molecule has 1 aliphatic rings. The first-order valence-electron chi connectivity index (χ1n) is 8.60. The third kappa shape index (κ3) is 4.68. The highest BCUT2D eigenvalue weighted by molar-refractivity contribution is 6.30. The fraction of sp³-hybridized carbons (Fsp3) is 0.316. The van der Waals surface area contributed by atoms with Crippen LogP contribution in [0.15, 0.2) is 41.0 Å². The standard InChI is InChI=1S/C19H20ClN3O4/c1-13-11-14(20)4-5-15(13)21-17(24)12-18(25)22-6-8-23(9-7-22)19(26)16-3-2-10-27-16/h2-5,10-11H,6-9,12H2,1H3,(H,21,24). The summed E-state index contributed by atoms with van der Waals surface area (Å²) in [6, 6.07) is 8.41. The Kier molecular flexibility index (Phi) is 5.81. The van der Waals surface area contributed by atoms with E-state index in [2.05, 4.69) is 5.32 Å². The molecule has 1 N–H and O–H groups in total. The minimum absolute atomic E-state index is 0.192. The van der Waals surface area contributed by atoms with E-state index >= 15 is 0 Å². The Labute approximate surface area is 161 Å². The zero-order valence-corrected chi connectivity index (χ0v) is 15.7. The largest absolute Gasteiger partial charge is 0.459 e. The van der Waals surface area contributed by atoms with Crippen LogP contribution >= 0.6 is 11.6 Å². The van der Waals surface area contributed by atoms with Crippen molar-refractivity contribution in [3.8, 4) is 0 Å². The van der Waals surface area contributed by atoms with Gasteiger partial charge in [-0.2, -0.15) is 0 Å². The second kappa shape index (κ2) is 8.26. The molecule has 3 rings (SSSR count). The lowest BCUT2D eigenvalue weighted by Gasteiger charge is -2.34. The molecule has 0 atom stereocenters. The van der Waals surface area contributed by atoms with Gasteiger partial charge in [0.05, 0.1) is 6.26 Å². The predicted octanol–water partition coefficient (Wildman–Crippen LogP) is 2.55. The molecule has 0 unspecified atom stereocenters. The maximum Gasteiger partial charge on any atom is 0.289 e. The third-order valence-electron chi connectivity index (χ3n) is 4.43. The van der Waals surface area contributed by atoms with E-state index in [0.29, 0.717) is 36.9 Å². The van der Waals surface area contributed by atoms with E-state index in [1.54, 1.807) is 40.1 Å². The maximum absolute atomic E-state index is 12.4. The molecule has 1 aromatic heterocycles. The lowest BCUT2D eigenvalue weighted by molar-refractivity contribution is -0.135. The summed E-state index contributed by atoms with van der Waals surface area (Å²) in [4.78, 5) is 40.0. The van der Waals surface area contributed by atoms with Crippen molar-refractivity contribution in [3.05, 3.63) is 52.9 Å². The van der Waals surface area contributed by atoms with Crippen molar-refractivity contribution in [2.75, 3.05) is 31.5 Å². The SMILES string of the molecule is Cc1cc(Cl)ccc1NC(=O)CC(=O)N1CCN(C(=O)c2ccco2)CC1. The van der Waals surface area contributed by atoms with E-state index in [0.717, 1.165) is 5.56 Å². The molecule has 1 aliphatic heterocycles. The summed E-state index contributed by atoms with van der Waals surface area (Å²) in [5.74, 6) is -0.542. The molecule has 0 aliphatic carbocycles. The maximum atomic E-state index is 12.4. The van der Waals surface area contributed by atoms with E-state index in [1.165, 1.54) is 6.26 Å². The molecule has 3 amide bonds. The molecule has 0 spiro atoms. The quantitative estimate of drug-likeness (QED) is 0.814. The van der Waals surface area contributed by atoms with Crippen LogP contribution in [0.1, 0.15) is 22.5 Å². The Morgan fingerprint density at radius 2 is 1.81 bits per heavy atom. The van der Waals surface area contributed by atoms with Crippen LogP contribution < -0.4 is 5.32 Å². The average Bonchev–Trinajstić information content (AvgIpc) is 3.18. The molecule has 0 radical (unpaired) electrons. The van der Waals surface area contributed by atoms with Crippen LogP contribution in [-0.2, 0) is 9.59 Å². The minimum Gasteiger partial charge on any atom is -0.459 e. The van der Waals surface area contributed by atoms with Gasteiger partial charge in [-0.05, 0) is 42.8 Å². The van der Waals surface area contributed by atoms with Gasteiger partial charge < -0.3 is 19.5 Å². The van der Waals surface area contributed by atoms with Gasteiger partial charge in [0.25, 0.3) is 5.91 Å². The predicted molar refractivity (Wildman–Crippen MR) is 101 cm³/mol. The normalized spacial score (nSPS) is 14.1. The van der Waals surface area contributed by atoms with Crippen LogP contribution in [0, 0.1) is 6.92 Å². The van der Waals surface area contributed by atoms with Gasteiger partial charge in [-0.15, -0.1) is 0 Å². The van der Waals surface area contributed by atoms with Crippen molar-refractivity contribution in [3.63, 3.8) is 0 Å². The highest BCUT2D eigenvalue weighted by Crippen LogP contribution is 2.20. The Morgan fingerprint density at radius 1 is 1.11 bits per heavy atom. The van der Waals surface area contributed by atoms with Crippen LogP contribution in [0.3, 0.4) is 0 Å². The first-order valence-corrected chi connectivity index (χ1v) is 8.98. The molecular formula is C19H20ClN3O4. The van der Waals surface area contributed by atoms with Crippen molar-refractivity contribution < 1.29 is 18.8 Å². The number of anilines is 1. The number of amides is 3. The van der Waals surface area contributed by atoms with Crippen LogP contribution in [0.2, 0.25) is 5.02 Å². The zero-order valence-electron chi connectivity index (χ0n) is 14.9. The number of nitrogens with zero attached hydrogens (tertiary/aromatic N) is 2. The second-order valence-electron chi connectivity index (χ2n) is 6.33. The molecule has 2 aromatic rings. The fourth-order valence-corrected chi connectivity index (χ4v) is 3.15. The van der Waals surface area contributed by atoms with Gasteiger partial charge in [0, 0.05) is 36.9 Å². The Morgan fingerprint density at radius 3 is 2.44 bits per heavy atom. The minimum atomic E-state index is -0.375. The van der Waals surface area contributed by atoms with Crippen LogP contribution in [0.25, 0.3) is 0 Å². The molecule has 2 heterocycles. The molecule has 8 heteroatoms. The van der Waals surface area contributed by atoms with Crippen molar-refractivity contribution >= 4 is 35.0 Å². The summed E-state index contributed by atoms with van der Waals surface area (Å²) in [5, 5.41) is 3.32. The van der Waals surface area contributed by atoms with E-state index < -0.39 is 0 Å². The summed E-state index contributed by atoms with van der Waals surface area (Å²) in [5.41, 5.74) is 1.46. The molecular weight excluding hydrogens is 370 g/mol. The van der Waals surface area contributed by atoms with Crippen molar-refractivity contribution in [1.82, 2.24) is 9.80 Å². The first kappa shape index (κ1) is 19.0. The van der Waals surface area contributed by atoms with E-state index in [-0.39, 0.29) is 29.9 Å². The summed E-state index contributed by atoms with van der Waals surface area (Å²) >= 11 is 5.90. The van der Waals surface area contributed by atoms with Gasteiger partial charge >= 0.3 is 0 Å². The fourth-order valence-electron chi connectivity index (χ4n) is 2.93. The lowest BCUT2D eigenvalue weighted by atomic mass is 10.2. The molecule has 1 saturated heterocycles. The second-order valence-corrected chi connectivity index (χ2v) is 6.77. The monoisotopic (exact) mass is 389 g/mol. The van der Waals surface area contributed by atoms with E-state index in [1.807, 2.05) is 6.92 Å². The summed E-state index contributed by atoms with van der Waals surface area (Å²) in [6.45, 7) is 3.42. The number of piperazine rings is 1. The van der Waals surface area contributed by atoms with Gasteiger partial charge in [0.15, 0.2) is 5.76 Å². The van der Waals surface area contributed by atoms with Crippen LogP contribution in [0.5, 0.6) is 0 Å². The highest BCUT2D eigenvalue weighted by Gasteiger charge is 2.26. The molecule has 142 valence electrons. The van der Waals surface area contributed by atoms with Gasteiger partial charge in [0.2, 0.25) is 11.8 Å². The van der Waals surface area contributed by atoms with Gasteiger partial charge in [-0.25, -0.2) is 0 Å². The molecule has 1 aromatic carbocycles. The molecule has 0 saturated carbocycles. The number of hydrogen-bond donors (Lipinski definition) is 1. The first-order chi connectivity index (χ1) is 12.9. The molecule has 1 fully saturated rings. The average molecular weight is 390 g/mol. The topological polar surface area (TPSA) is 82.9 Å². The van der Waals surface area contributed by atoms with Crippen LogP contribution in [-0.4, -0.2) is 53.7 Å². The van der Waals surface area contributed by atoms with Crippen molar-refractivity contribution in [1.29, 1.82) is 0 Å². The number of carbonyl (C=O) groups excluding carboxylic acids is 3. The summed E-state index contributed by atoms with van der Waals surface area (Å²) < 4.78 is 5.12. The molecule has 0 bridgehead atoms. The number of aryl methyl sites for hydroxylation is 1. The van der Waals surface area contributed by atoms with Gasteiger partial charge in [-0.1, -0.05) is 11.6 Å². The number of carbonyl (C=O) groups is 3. The number of halogens is 1. The van der Waals surface area contributed by atoms with Crippen molar-refractivity contribution in [2.24, 2.45) is 0 Å². The summed E-state index contributed by atoms with van der Waals surface area (Å²) in [7, 11) is 0. The number of furan rings is 1. The van der Waals surface area contributed by atoms with Crippen LogP contribution in [0.4, 0.5) is 5.69 Å². The van der Waals surface area contributed by atoms with Gasteiger partial charge in [-0.3, -0.25) is 14.4 Å². The van der Waals surface area contributed by atoms with E-state index in [4.69, 9.17) is 16.0 Å². The Bertz CT molecular complexity index is 843. The molecule has 7 nitrogen and oxygen atoms in total. The molecule has 27 heavy (non-hydrogen) atoms. The Balaban J connectivity index is 1.49. The number of benzene rings is 1. The third-order valence-corrected chi connectivity index (χ3v) is 4.66. The number of rotatable bonds is 4. The Hall–Kier alpha value is -2.80. The lowest BCUT2D eigenvalue weighted by Crippen LogP contribution is -2.51. The number of nitrogens with one attached hydrogen (secondary N) is 1. The summed E-state index contributed by atoms with van der Waals surface area (Å²) in [6.07, 6.45) is 1.21.